The molecular weight excluding hydrogens is 448 g/mol. The van der Waals surface area contributed by atoms with E-state index in [-0.39, 0.29) is 32.0 Å². The maximum atomic E-state index is 12.8. The largest absolute Gasteiger partial charge is 0.480 e. The molecule has 3 N–H and O–H groups in total. The SMILES string of the molecule is COCCC(NC(=O)CC(NC(=O)OCC1c2ccccc2-c2ccccc21)C(C)(C)C)C(=O)O. The Bertz CT molecular complexity index is 1020. The summed E-state index contributed by atoms with van der Waals surface area (Å²) in [6.07, 6.45) is -0.545. The molecule has 0 aromatic heterocycles. The van der Waals surface area contributed by atoms with Crippen LogP contribution in [0, 0.1) is 5.41 Å². The number of amides is 2. The lowest BCUT2D eigenvalue weighted by molar-refractivity contribution is -0.142. The quantitative estimate of drug-likeness (QED) is 0.473. The van der Waals surface area contributed by atoms with Crippen LogP contribution in [-0.4, -0.2) is 55.5 Å². The number of hydrogen-bond acceptors (Lipinski definition) is 5. The van der Waals surface area contributed by atoms with E-state index >= 15 is 0 Å². The Morgan fingerprint density at radius 3 is 2.06 bits per heavy atom. The summed E-state index contributed by atoms with van der Waals surface area (Å²) in [6, 6.07) is 14.6. The zero-order valence-corrected chi connectivity index (χ0v) is 20.7. The second-order valence-electron chi connectivity index (χ2n) is 9.83. The molecule has 188 valence electrons. The van der Waals surface area contributed by atoms with Gasteiger partial charge in [-0.05, 0) is 27.7 Å². The number of carboxylic acid groups (broad SMARTS) is 1. The smallest absolute Gasteiger partial charge is 0.407 e. The normalized spacial score (nSPS) is 14.4. The molecule has 1 aliphatic rings. The van der Waals surface area contributed by atoms with Gasteiger partial charge in [-0.1, -0.05) is 69.3 Å². The number of fused-ring (bicyclic) bond motifs is 3. The fourth-order valence-corrected chi connectivity index (χ4v) is 4.29. The predicted molar refractivity (Wildman–Crippen MR) is 132 cm³/mol. The van der Waals surface area contributed by atoms with Crippen molar-refractivity contribution >= 4 is 18.0 Å². The summed E-state index contributed by atoms with van der Waals surface area (Å²) in [5, 5.41) is 14.7. The van der Waals surface area contributed by atoms with E-state index in [1.807, 2.05) is 57.2 Å². The molecule has 8 heteroatoms. The number of alkyl carbamates (subject to hydrolysis) is 1. The highest BCUT2D eigenvalue weighted by atomic mass is 16.5. The zero-order chi connectivity index (χ0) is 25.6. The average Bonchev–Trinajstić information content (AvgIpc) is 3.13. The molecule has 0 heterocycles. The van der Waals surface area contributed by atoms with Crippen LogP contribution < -0.4 is 10.6 Å². The molecule has 2 unspecified atom stereocenters. The van der Waals surface area contributed by atoms with Crippen molar-refractivity contribution in [1.82, 2.24) is 10.6 Å². The van der Waals surface area contributed by atoms with Crippen molar-refractivity contribution in [3.63, 3.8) is 0 Å². The number of nitrogens with one attached hydrogen (secondary N) is 2. The lowest BCUT2D eigenvalue weighted by Crippen LogP contribution is -2.49. The molecule has 2 amide bonds. The van der Waals surface area contributed by atoms with Crippen LogP contribution in [0.5, 0.6) is 0 Å². The number of rotatable bonds is 10. The van der Waals surface area contributed by atoms with Crippen molar-refractivity contribution in [3.8, 4) is 11.1 Å². The number of carboxylic acids is 1. The molecule has 8 nitrogen and oxygen atoms in total. The maximum absolute atomic E-state index is 12.8. The van der Waals surface area contributed by atoms with E-state index in [0.717, 1.165) is 22.3 Å². The predicted octanol–water partition coefficient (Wildman–Crippen LogP) is 3.94. The molecule has 0 aliphatic heterocycles. The molecule has 0 saturated heterocycles. The Morgan fingerprint density at radius 1 is 0.971 bits per heavy atom. The summed E-state index contributed by atoms with van der Waals surface area (Å²) >= 11 is 0. The second-order valence-corrected chi connectivity index (χ2v) is 9.83. The van der Waals surface area contributed by atoms with Crippen molar-refractivity contribution in [1.29, 1.82) is 0 Å². The van der Waals surface area contributed by atoms with E-state index in [9.17, 15) is 19.5 Å². The Labute approximate surface area is 206 Å². The van der Waals surface area contributed by atoms with E-state index in [4.69, 9.17) is 9.47 Å². The zero-order valence-electron chi connectivity index (χ0n) is 20.7. The Morgan fingerprint density at radius 2 is 1.54 bits per heavy atom. The van der Waals surface area contributed by atoms with Crippen LogP contribution in [0.4, 0.5) is 4.79 Å². The van der Waals surface area contributed by atoms with Crippen LogP contribution in [0.3, 0.4) is 0 Å². The monoisotopic (exact) mass is 482 g/mol. The van der Waals surface area contributed by atoms with Crippen LogP contribution in [-0.2, 0) is 19.1 Å². The second kappa shape index (κ2) is 11.4. The third-order valence-corrected chi connectivity index (χ3v) is 6.31. The van der Waals surface area contributed by atoms with Gasteiger partial charge >= 0.3 is 12.1 Å². The Balaban J connectivity index is 1.62. The number of methoxy groups -OCH3 is 1. The molecule has 2 aromatic carbocycles. The third kappa shape index (κ3) is 6.60. The third-order valence-electron chi connectivity index (χ3n) is 6.31. The Hall–Kier alpha value is -3.39. The number of hydrogen-bond donors (Lipinski definition) is 3. The molecule has 0 radical (unpaired) electrons. The molecule has 0 fully saturated rings. The molecule has 0 saturated carbocycles. The van der Waals surface area contributed by atoms with Crippen molar-refractivity contribution in [2.24, 2.45) is 5.41 Å². The molecule has 3 rings (SSSR count). The minimum absolute atomic E-state index is 0.0679. The lowest BCUT2D eigenvalue weighted by Gasteiger charge is -2.31. The first kappa shape index (κ1) is 26.2. The van der Waals surface area contributed by atoms with Gasteiger partial charge in [0.1, 0.15) is 12.6 Å². The van der Waals surface area contributed by atoms with Gasteiger partial charge in [-0.3, -0.25) is 4.79 Å². The molecule has 1 aliphatic carbocycles. The van der Waals surface area contributed by atoms with E-state index in [1.165, 1.54) is 7.11 Å². The highest BCUT2D eigenvalue weighted by Crippen LogP contribution is 2.44. The van der Waals surface area contributed by atoms with E-state index < -0.39 is 35.5 Å². The van der Waals surface area contributed by atoms with E-state index in [1.54, 1.807) is 0 Å². The molecular formula is C27H34N2O6. The van der Waals surface area contributed by atoms with E-state index in [2.05, 4.69) is 22.8 Å². The van der Waals surface area contributed by atoms with Crippen LogP contribution in [0.25, 0.3) is 11.1 Å². The summed E-state index contributed by atoms with van der Waals surface area (Å²) < 4.78 is 10.5. The first-order valence-corrected chi connectivity index (χ1v) is 11.7. The summed E-state index contributed by atoms with van der Waals surface area (Å²) in [5.74, 6) is -1.67. The van der Waals surface area contributed by atoms with Gasteiger partial charge < -0.3 is 25.2 Å². The van der Waals surface area contributed by atoms with Crippen LogP contribution in [0.2, 0.25) is 0 Å². The first-order chi connectivity index (χ1) is 16.6. The van der Waals surface area contributed by atoms with Crippen molar-refractivity contribution in [2.45, 2.75) is 51.6 Å². The van der Waals surface area contributed by atoms with Crippen LogP contribution in [0.1, 0.15) is 50.7 Å². The standard InChI is InChI=1S/C27H34N2O6/c1-27(2,3)23(15-24(30)28-22(25(31)32)13-14-34-4)29-26(33)35-16-21-19-11-7-5-9-17(19)18-10-6-8-12-20(18)21/h5-12,21-23H,13-16H2,1-4H3,(H,28,30)(H,29,33)(H,31,32). The lowest BCUT2D eigenvalue weighted by atomic mass is 9.84. The number of aliphatic carboxylic acids is 1. The van der Waals surface area contributed by atoms with Gasteiger partial charge in [-0.15, -0.1) is 0 Å². The van der Waals surface area contributed by atoms with Crippen LogP contribution in [0.15, 0.2) is 48.5 Å². The minimum atomic E-state index is -1.13. The van der Waals surface area contributed by atoms with Gasteiger partial charge in [-0.25, -0.2) is 9.59 Å². The highest BCUT2D eigenvalue weighted by molar-refractivity contribution is 5.84. The molecule has 2 atom stereocenters. The van der Waals surface area contributed by atoms with Gasteiger partial charge in [0.15, 0.2) is 0 Å². The van der Waals surface area contributed by atoms with Gasteiger partial charge in [0.2, 0.25) is 5.91 Å². The van der Waals surface area contributed by atoms with Gasteiger partial charge in [0, 0.05) is 38.5 Å². The summed E-state index contributed by atoms with van der Waals surface area (Å²) in [5.41, 5.74) is 4.05. The van der Waals surface area contributed by atoms with Crippen LogP contribution >= 0.6 is 0 Å². The number of carbonyl (C=O) groups excluding carboxylic acids is 2. The van der Waals surface area contributed by atoms with Crippen molar-refractivity contribution in [3.05, 3.63) is 59.7 Å². The van der Waals surface area contributed by atoms with Gasteiger partial charge in [0.05, 0.1) is 0 Å². The molecule has 35 heavy (non-hydrogen) atoms. The first-order valence-electron chi connectivity index (χ1n) is 11.7. The number of ether oxygens (including phenoxy) is 2. The molecule has 0 spiro atoms. The van der Waals surface area contributed by atoms with Gasteiger partial charge in [0.25, 0.3) is 0 Å². The molecule has 0 bridgehead atoms. The highest BCUT2D eigenvalue weighted by Gasteiger charge is 2.32. The maximum Gasteiger partial charge on any atom is 0.407 e. The fourth-order valence-electron chi connectivity index (χ4n) is 4.29. The number of carbonyl (C=O) groups is 3. The van der Waals surface area contributed by atoms with Crippen molar-refractivity contribution < 1.29 is 29.0 Å². The average molecular weight is 483 g/mol. The van der Waals surface area contributed by atoms with Gasteiger partial charge in [-0.2, -0.15) is 0 Å². The van der Waals surface area contributed by atoms with E-state index in [0.29, 0.717) is 0 Å². The van der Waals surface area contributed by atoms with Crippen molar-refractivity contribution in [2.75, 3.05) is 20.3 Å². The number of benzene rings is 2. The molecule has 2 aromatic rings. The summed E-state index contributed by atoms with van der Waals surface area (Å²) in [6.45, 7) is 6.07. The topological polar surface area (TPSA) is 114 Å². The minimum Gasteiger partial charge on any atom is -0.480 e. The summed E-state index contributed by atoms with van der Waals surface area (Å²) in [7, 11) is 1.47. The summed E-state index contributed by atoms with van der Waals surface area (Å²) in [4.78, 5) is 36.8. The Kier molecular flexibility index (Phi) is 8.51. The fraction of sp³-hybridized carbons (Fsp3) is 0.444.